The van der Waals surface area contributed by atoms with Gasteiger partial charge in [-0.15, -0.1) is 0 Å². The van der Waals surface area contributed by atoms with Crippen molar-refractivity contribution in [3.63, 3.8) is 0 Å². The quantitative estimate of drug-likeness (QED) is 0.560. The van der Waals surface area contributed by atoms with Crippen LogP contribution in [-0.2, 0) is 6.54 Å². The Hall–Kier alpha value is -3.03. The molecule has 0 radical (unpaired) electrons. The summed E-state index contributed by atoms with van der Waals surface area (Å²) in [5.41, 5.74) is 0.542. The number of nitro benzene ring substituents is 1. The van der Waals surface area contributed by atoms with Crippen molar-refractivity contribution in [3.05, 3.63) is 68.1 Å². The standard InChI is InChI=1S/C18H22N4O4/c1-4-5-11-21-17(23)10-9-16(19-21)18(24)20(3)13(2)14-7-6-8-15(12-14)22(25)26/h6-10,12-13H,4-5,11H2,1-3H3/t13-/m1/s1. The SMILES string of the molecule is CCCCn1nc(C(=O)N(C)[C@H](C)c2cccc([N+](=O)[O-])c2)ccc1=O. The van der Waals surface area contributed by atoms with E-state index in [1.807, 2.05) is 6.92 Å². The molecule has 0 fully saturated rings. The molecular weight excluding hydrogens is 336 g/mol. The molecule has 26 heavy (non-hydrogen) atoms. The predicted molar refractivity (Wildman–Crippen MR) is 97.0 cm³/mol. The molecule has 0 aliphatic heterocycles. The Morgan fingerprint density at radius 2 is 2.08 bits per heavy atom. The number of hydrogen-bond acceptors (Lipinski definition) is 5. The molecule has 138 valence electrons. The molecule has 0 bridgehead atoms. The predicted octanol–water partition coefficient (Wildman–Crippen LogP) is 2.78. The third-order valence-corrected chi connectivity index (χ3v) is 4.27. The van der Waals surface area contributed by atoms with Crippen LogP contribution in [0.15, 0.2) is 41.2 Å². The van der Waals surface area contributed by atoms with Gasteiger partial charge in [0.15, 0.2) is 0 Å². The molecule has 2 rings (SSSR count). The van der Waals surface area contributed by atoms with Crippen molar-refractivity contribution < 1.29 is 9.72 Å². The highest BCUT2D eigenvalue weighted by atomic mass is 16.6. The van der Waals surface area contributed by atoms with Gasteiger partial charge in [-0.1, -0.05) is 25.5 Å². The summed E-state index contributed by atoms with van der Waals surface area (Å²) in [7, 11) is 1.61. The highest BCUT2D eigenvalue weighted by Crippen LogP contribution is 2.23. The first-order valence-corrected chi connectivity index (χ1v) is 8.44. The van der Waals surface area contributed by atoms with Gasteiger partial charge in [0.05, 0.1) is 11.0 Å². The molecular formula is C18H22N4O4. The summed E-state index contributed by atoms with van der Waals surface area (Å²) in [6.45, 7) is 4.25. The molecule has 1 aromatic carbocycles. The maximum absolute atomic E-state index is 12.7. The minimum atomic E-state index is -0.469. The van der Waals surface area contributed by atoms with Gasteiger partial charge in [0.2, 0.25) is 0 Å². The first kappa shape index (κ1) is 19.3. The van der Waals surface area contributed by atoms with Gasteiger partial charge >= 0.3 is 0 Å². The third-order valence-electron chi connectivity index (χ3n) is 4.27. The van der Waals surface area contributed by atoms with Crippen molar-refractivity contribution >= 4 is 11.6 Å². The van der Waals surface area contributed by atoms with E-state index in [4.69, 9.17) is 0 Å². The molecule has 0 aliphatic rings. The fraction of sp³-hybridized carbons (Fsp3) is 0.389. The van der Waals surface area contributed by atoms with Crippen molar-refractivity contribution in [2.24, 2.45) is 0 Å². The topological polar surface area (TPSA) is 98.3 Å². The number of non-ortho nitro benzene ring substituents is 1. The zero-order valence-electron chi connectivity index (χ0n) is 15.1. The second kappa shape index (κ2) is 8.37. The van der Waals surface area contributed by atoms with Crippen molar-refractivity contribution in [2.75, 3.05) is 7.05 Å². The molecule has 1 amide bonds. The van der Waals surface area contributed by atoms with E-state index in [1.165, 1.54) is 33.8 Å². The molecule has 2 aromatic rings. The van der Waals surface area contributed by atoms with E-state index in [1.54, 1.807) is 26.1 Å². The lowest BCUT2D eigenvalue weighted by Crippen LogP contribution is -2.33. The molecule has 0 unspecified atom stereocenters. The third kappa shape index (κ3) is 4.33. The van der Waals surface area contributed by atoms with Crippen molar-refractivity contribution in [1.29, 1.82) is 0 Å². The monoisotopic (exact) mass is 358 g/mol. The average Bonchev–Trinajstić information content (AvgIpc) is 2.65. The van der Waals surface area contributed by atoms with Crippen molar-refractivity contribution in [2.45, 2.75) is 39.3 Å². The Morgan fingerprint density at radius 3 is 2.73 bits per heavy atom. The lowest BCUT2D eigenvalue weighted by atomic mass is 10.1. The van der Waals surface area contributed by atoms with E-state index in [9.17, 15) is 19.7 Å². The van der Waals surface area contributed by atoms with Crippen LogP contribution in [-0.4, -0.2) is 32.6 Å². The van der Waals surface area contributed by atoms with E-state index < -0.39 is 4.92 Å². The van der Waals surface area contributed by atoms with Crippen LogP contribution in [0.3, 0.4) is 0 Å². The van der Waals surface area contributed by atoms with E-state index in [2.05, 4.69) is 5.10 Å². The second-order valence-corrected chi connectivity index (χ2v) is 6.08. The number of aromatic nitrogens is 2. The zero-order chi connectivity index (χ0) is 19.3. The molecule has 1 aromatic heterocycles. The summed E-state index contributed by atoms with van der Waals surface area (Å²) in [5.74, 6) is -0.353. The van der Waals surface area contributed by atoms with Crippen LogP contribution in [0.2, 0.25) is 0 Å². The number of aryl methyl sites for hydroxylation is 1. The maximum atomic E-state index is 12.7. The van der Waals surface area contributed by atoms with E-state index in [0.29, 0.717) is 12.1 Å². The lowest BCUT2D eigenvalue weighted by Gasteiger charge is -2.25. The molecule has 0 saturated carbocycles. The van der Waals surface area contributed by atoms with Gasteiger partial charge in [0, 0.05) is 31.8 Å². The number of carbonyl (C=O) groups is 1. The van der Waals surface area contributed by atoms with Gasteiger partial charge in [0.1, 0.15) is 5.69 Å². The van der Waals surface area contributed by atoms with Crippen LogP contribution in [0.4, 0.5) is 5.69 Å². The Labute approximate surface area is 151 Å². The first-order chi connectivity index (χ1) is 12.3. The van der Waals surface area contributed by atoms with Crippen LogP contribution in [0.1, 0.15) is 48.8 Å². The smallest absolute Gasteiger partial charge is 0.274 e. The van der Waals surface area contributed by atoms with Crippen LogP contribution in [0.5, 0.6) is 0 Å². The molecule has 0 N–H and O–H groups in total. The van der Waals surface area contributed by atoms with Gasteiger partial charge < -0.3 is 4.90 Å². The molecule has 8 heteroatoms. The number of carbonyl (C=O) groups excluding carboxylic acids is 1. The van der Waals surface area contributed by atoms with Gasteiger partial charge in [-0.25, -0.2) is 4.68 Å². The molecule has 1 atom stereocenters. The summed E-state index contributed by atoms with van der Waals surface area (Å²) in [5, 5.41) is 15.1. The maximum Gasteiger partial charge on any atom is 0.274 e. The zero-order valence-corrected chi connectivity index (χ0v) is 15.1. The van der Waals surface area contributed by atoms with Crippen LogP contribution < -0.4 is 5.56 Å². The average molecular weight is 358 g/mol. The van der Waals surface area contributed by atoms with Gasteiger partial charge in [-0.05, 0) is 25.0 Å². The number of unbranched alkanes of at least 4 members (excludes halogenated alkanes) is 1. The summed E-state index contributed by atoms with van der Waals surface area (Å²) >= 11 is 0. The fourth-order valence-electron chi connectivity index (χ4n) is 2.51. The summed E-state index contributed by atoms with van der Waals surface area (Å²) in [6, 6.07) is 8.53. The number of amides is 1. The van der Waals surface area contributed by atoms with Crippen LogP contribution in [0.25, 0.3) is 0 Å². The van der Waals surface area contributed by atoms with E-state index >= 15 is 0 Å². The van der Waals surface area contributed by atoms with E-state index in [0.717, 1.165) is 12.8 Å². The van der Waals surface area contributed by atoms with Crippen LogP contribution >= 0.6 is 0 Å². The molecule has 0 saturated heterocycles. The molecule has 1 heterocycles. The van der Waals surface area contributed by atoms with Crippen LogP contribution in [0, 0.1) is 10.1 Å². The Morgan fingerprint density at radius 1 is 1.35 bits per heavy atom. The number of benzene rings is 1. The minimum Gasteiger partial charge on any atom is -0.334 e. The molecule has 8 nitrogen and oxygen atoms in total. The van der Waals surface area contributed by atoms with Gasteiger partial charge in [-0.3, -0.25) is 19.7 Å². The second-order valence-electron chi connectivity index (χ2n) is 6.08. The van der Waals surface area contributed by atoms with Gasteiger partial charge in [0.25, 0.3) is 17.2 Å². The lowest BCUT2D eigenvalue weighted by molar-refractivity contribution is -0.384. The fourth-order valence-corrected chi connectivity index (χ4v) is 2.51. The minimum absolute atomic E-state index is 0.0264. The largest absolute Gasteiger partial charge is 0.334 e. The Kier molecular flexibility index (Phi) is 6.21. The van der Waals surface area contributed by atoms with E-state index in [-0.39, 0.29) is 28.9 Å². The van der Waals surface area contributed by atoms with Crippen molar-refractivity contribution in [3.8, 4) is 0 Å². The Bertz CT molecular complexity index is 862. The molecule has 0 aliphatic carbocycles. The summed E-state index contributed by atoms with van der Waals surface area (Å²) in [6.07, 6.45) is 1.71. The summed E-state index contributed by atoms with van der Waals surface area (Å²) < 4.78 is 1.29. The number of nitro groups is 1. The highest BCUT2D eigenvalue weighted by Gasteiger charge is 2.22. The highest BCUT2D eigenvalue weighted by molar-refractivity contribution is 5.92. The normalized spacial score (nSPS) is 11.8. The number of hydrogen-bond donors (Lipinski definition) is 0. The Balaban J connectivity index is 2.24. The number of rotatable bonds is 7. The summed E-state index contributed by atoms with van der Waals surface area (Å²) in [4.78, 5) is 36.5. The number of nitrogens with zero attached hydrogens (tertiary/aromatic N) is 4. The first-order valence-electron chi connectivity index (χ1n) is 8.44. The van der Waals surface area contributed by atoms with Gasteiger partial charge in [-0.2, -0.15) is 5.10 Å². The van der Waals surface area contributed by atoms with Crippen molar-refractivity contribution in [1.82, 2.24) is 14.7 Å². The molecule has 0 spiro atoms.